The molecule has 2 rings (SSSR count). The fraction of sp³-hybridized carbons (Fsp3) is 0.333. The molecule has 0 aliphatic heterocycles. The lowest BCUT2D eigenvalue weighted by molar-refractivity contribution is -0.125. The topological polar surface area (TPSA) is 68.5 Å². The molecule has 1 amide bonds. The van der Waals surface area contributed by atoms with Gasteiger partial charge in [-0.05, 0) is 49.2 Å². The molecule has 0 fully saturated rings. The van der Waals surface area contributed by atoms with Gasteiger partial charge in [-0.2, -0.15) is 0 Å². The van der Waals surface area contributed by atoms with E-state index in [1.165, 1.54) is 18.2 Å². The first-order valence-electron chi connectivity index (χ1n) is 7.85. The van der Waals surface area contributed by atoms with Gasteiger partial charge in [0.05, 0.1) is 0 Å². The maximum atomic E-state index is 12.9. The Bertz CT molecular complexity index is 689. The highest BCUT2D eigenvalue weighted by atomic mass is 19.1. The number of furan rings is 1. The largest absolute Gasteiger partial charge is 0.450 e. The number of nitrogens with one attached hydrogen (secondary N) is 1. The van der Waals surface area contributed by atoms with Gasteiger partial charge in [-0.3, -0.25) is 4.79 Å². The van der Waals surface area contributed by atoms with Gasteiger partial charge in [-0.15, -0.1) is 0 Å². The maximum Gasteiger partial charge on any atom is 0.374 e. The molecule has 0 radical (unpaired) electrons. The van der Waals surface area contributed by atoms with E-state index in [-0.39, 0.29) is 30.1 Å². The van der Waals surface area contributed by atoms with Crippen LogP contribution >= 0.6 is 0 Å². The zero-order valence-corrected chi connectivity index (χ0v) is 13.7. The maximum absolute atomic E-state index is 12.9. The Morgan fingerprint density at radius 3 is 2.42 bits per heavy atom. The van der Waals surface area contributed by atoms with Crippen LogP contribution in [0.2, 0.25) is 0 Å². The third-order valence-electron chi connectivity index (χ3n) is 3.62. The first-order valence-corrected chi connectivity index (χ1v) is 7.85. The van der Waals surface area contributed by atoms with Crippen molar-refractivity contribution in [1.82, 2.24) is 5.32 Å². The van der Waals surface area contributed by atoms with E-state index >= 15 is 0 Å². The van der Waals surface area contributed by atoms with E-state index in [0.29, 0.717) is 11.3 Å². The molecule has 2 aromatic rings. The van der Waals surface area contributed by atoms with Crippen molar-refractivity contribution < 1.29 is 23.1 Å². The van der Waals surface area contributed by atoms with Gasteiger partial charge < -0.3 is 14.5 Å². The summed E-state index contributed by atoms with van der Waals surface area (Å²) in [5.74, 6) is -1.01. The summed E-state index contributed by atoms with van der Waals surface area (Å²) in [6, 6.07) is 8.83. The van der Waals surface area contributed by atoms with Gasteiger partial charge in [-0.25, -0.2) is 9.18 Å². The van der Waals surface area contributed by atoms with Gasteiger partial charge >= 0.3 is 5.97 Å². The minimum absolute atomic E-state index is 0.00958. The molecule has 0 bridgehead atoms. The van der Waals surface area contributed by atoms with Crippen molar-refractivity contribution in [2.45, 2.75) is 32.7 Å². The van der Waals surface area contributed by atoms with E-state index in [9.17, 15) is 14.0 Å². The van der Waals surface area contributed by atoms with Gasteiger partial charge in [0, 0.05) is 11.6 Å². The molecular weight excluding hydrogens is 313 g/mol. The Labute approximate surface area is 139 Å². The number of hydrogen-bond acceptors (Lipinski definition) is 4. The molecule has 128 valence electrons. The zero-order chi connectivity index (χ0) is 17.5. The Kier molecular flexibility index (Phi) is 6.12. The average Bonchev–Trinajstić information content (AvgIpc) is 3.08. The summed E-state index contributed by atoms with van der Waals surface area (Å²) in [5, 5.41) is 2.78. The van der Waals surface area contributed by atoms with E-state index in [2.05, 4.69) is 5.32 Å². The van der Waals surface area contributed by atoms with Crippen molar-refractivity contribution in [3.8, 4) is 11.3 Å². The SMILES string of the molecule is CCC(CC)NC(=O)COC(=O)c1ccc(-c2ccc(F)cc2)o1. The molecule has 6 heteroatoms. The molecule has 5 nitrogen and oxygen atoms in total. The van der Waals surface area contributed by atoms with Gasteiger partial charge in [0.25, 0.3) is 5.91 Å². The molecule has 1 heterocycles. The number of esters is 1. The Balaban J connectivity index is 1.91. The first-order chi connectivity index (χ1) is 11.5. The Morgan fingerprint density at radius 1 is 1.12 bits per heavy atom. The zero-order valence-electron chi connectivity index (χ0n) is 13.7. The molecule has 0 atom stereocenters. The van der Waals surface area contributed by atoms with Crippen LogP contribution in [0.3, 0.4) is 0 Å². The van der Waals surface area contributed by atoms with Crippen molar-refractivity contribution in [2.24, 2.45) is 0 Å². The summed E-state index contributed by atoms with van der Waals surface area (Å²) in [6.07, 6.45) is 1.63. The molecular formula is C18H20FNO4. The lowest BCUT2D eigenvalue weighted by atomic mass is 10.2. The smallest absolute Gasteiger partial charge is 0.374 e. The average molecular weight is 333 g/mol. The molecule has 1 aromatic carbocycles. The highest BCUT2D eigenvalue weighted by molar-refractivity contribution is 5.89. The van der Waals surface area contributed by atoms with Crippen molar-refractivity contribution in [1.29, 1.82) is 0 Å². The quantitative estimate of drug-likeness (QED) is 0.787. The monoisotopic (exact) mass is 333 g/mol. The van der Waals surface area contributed by atoms with Crippen molar-refractivity contribution in [2.75, 3.05) is 6.61 Å². The van der Waals surface area contributed by atoms with Crippen LogP contribution in [0.4, 0.5) is 4.39 Å². The van der Waals surface area contributed by atoms with E-state index in [1.807, 2.05) is 13.8 Å². The lowest BCUT2D eigenvalue weighted by Crippen LogP contribution is -2.36. The molecule has 1 aromatic heterocycles. The Morgan fingerprint density at radius 2 is 1.79 bits per heavy atom. The van der Waals surface area contributed by atoms with Crippen LogP contribution in [0.1, 0.15) is 37.2 Å². The predicted octanol–water partition coefficient (Wildman–Crippen LogP) is 3.55. The van der Waals surface area contributed by atoms with Crippen LogP contribution in [0.25, 0.3) is 11.3 Å². The summed E-state index contributed by atoms with van der Waals surface area (Å²) < 4.78 is 23.3. The molecule has 0 aliphatic carbocycles. The molecule has 24 heavy (non-hydrogen) atoms. The number of amides is 1. The second-order valence-electron chi connectivity index (χ2n) is 5.33. The predicted molar refractivity (Wildman–Crippen MR) is 86.9 cm³/mol. The minimum Gasteiger partial charge on any atom is -0.450 e. The lowest BCUT2D eigenvalue weighted by Gasteiger charge is -2.14. The van der Waals surface area contributed by atoms with Crippen LogP contribution in [-0.4, -0.2) is 24.5 Å². The summed E-state index contributed by atoms with van der Waals surface area (Å²) in [4.78, 5) is 23.6. The van der Waals surface area contributed by atoms with Gasteiger partial charge in [0.1, 0.15) is 11.6 Å². The molecule has 0 aliphatic rings. The van der Waals surface area contributed by atoms with Crippen LogP contribution in [0.5, 0.6) is 0 Å². The molecule has 0 saturated carbocycles. The highest BCUT2D eigenvalue weighted by Gasteiger charge is 2.16. The van der Waals surface area contributed by atoms with E-state index in [4.69, 9.17) is 9.15 Å². The number of carbonyl (C=O) groups is 2. The van der Waals surface area contributed by atoms with Crippen molar-refractivity contribution in [3.63, 3.8) is 0 Å². The summed E-state index contributed by atoms with van der Waals surface area (Å²) in [7, 11) is 0. The number of benzene rings is 1. The summed E-state index contributed by atoms with van der Waals surface area (Å²) in [6.45, 7) is 3.59. The van der Waals surface area contributed by atoms with E-state index in [1.54, 1.807) is 18.2 Å². The second kappa shape index (κ2) is 8.29. The molecule has 0 unspecified atom stereocenters. The fourth-order valence-electron chi connectivity index (χ4n) is 2.18. The molecule has 0 saturated heterocycles. The van der Waals surface area contributed by atoms with Crippen molar-refractivity contribution >= 4 is 11.9 Å². The van der Waals surface area contributed by atoms with Crippen LogP contribution in [0, 0.1) is 5.82 Å². The van der Waals surface area contributed by atoms with Crippen LogP contribution in [-0.2, 0) is 9.53 Å². The van der Waals surface area contributed by atoms with Gasteiger partial charge in [0.15, 0.2) is 6.61 Å². The van der Waals surface area contributed by atoms with Gasteiger partial charge in [-0.1, -0.05) is 13.8 Å². The summed E-state index contributed by atoms with van der Waals surface area (Å²) in [5.41, 5.74) is 0.641. The van der Waals surface area contributed by atoms with E-state index in [0.717, 1.165) is 12.8 Å². The summed E-state index contributed by atoms with van der Waals surface area (Å²) >= 11 is 0. The number of rotatable bonds is 7. The Hall–Kier alpha value is -2.63. The third-order valence-corrected chi connectivity index (χ3v) is 3.62. The molecule has 0 spiro atoms. The van der Waals surface area contributed by atoms with E-state index < -0.39 is 5.97 Å². The number of halogens is 1. The third kappa shape index (κ3) is 4.68. The second-order valence-corrected chi connectivity index (χ2v) is 5.33. The fourth-order valence-corrected chi connectivity index (χ4v) is 2.18. The first kappa shape index (κ1) is 17.7. The highest BCUT2D eigenvalue weighted by Crippen LogP contribution is 2.22. The normalized spacial score (nSPS) is 10.7. The van der Waals surface area contributed by atoms with Gasteiger partial charge in [0.2, 0.25) is 5.76 Å². The molecule has 1 N–H and O–H groups in total. The number of hydrogen-bond donors (Lipinski definition) is 1. The standard InChI is InChI=1S/C18H20FNO4/c1-3-14(4-2)20-17(21)11-23-18(22)16-10-9-15(24-16)12-5-7-13(19)8-6-12/h5-10,14H,3-4,11H2,1-2H3,(H,20,21). The van der Waals surface area contributed by atoms with Crippen molar-refractivity contribution in [3.05, 3.63) is 48.0 Å². The number of ether oxygens (including phenoxy) is 1. The minimum atomic E-state index is -0.719. The number of carbonyl (C=O) groups excluding carboxylic acids is 2. The van der Waals surface area contributed by atoms with Crippen LogP contribution in [0.15, 0.2) is 40.8 Å². The van der Waals surface area contributed by atoms with Crippen LogP contribution < -0.4 is 5.32 Å².